The van der Waals surface area contributed by atoms with Crippen LogP contribution in [0.25, 0.3) is 0 Å². The van der Waals surface area contributed by atoms with Crippen LogP contribution in [0.4, 0.5) is 0 Å². The minimum absolute atomic E-state index is 0.512. The van der Waals surface area contributed by atoms with Gasteiger partial charge in [0.1, 0.15) is 0 Å². The molecule has 0 aliphatic rings. The molecule has 2 atom stereocenters. The van der Waals surface area contributed by atoms with Crippen molar-refractivity contribution in [2.24, 2.45) is 0 Å². The summed E-state index contributed by atoms with van der Waals surface area (Å²) in [6.07, 6.45) is 35.9. The van der Waals surface area contributed by atoms with Gasteiger partial charge >= 0.3 is 175 Å². The van der Waals surface area contributed by atoms with Crippen LogP contribution in [0.1, 0.15) is 168 Å². The standard InChI is InChI=1S/C32H72O3P4/c1-7-9-11-13-15-17-19-21-23-25-27-29-31-36-33-38(35-39(3,4,5)6)34-37-32-30-28-26-24-22-20-18-16-14-12-10-8-2/h36-37H,7-32H2,1-6H3. The van der Waals surface area contributed by atoms with Gasteiger partial charge in [-0.1, -0.05) is 78.1 Å². The Kier molecular flexibility index (Phi) is 29.5. The second kappa shape index (κ2) is 28.4. The summed E-state index contributed by atoms with van der Waals surface area (Å²) in [6, 6.07) is 0. The van der Waals surface area contributed by atoms with Gasteiger partial charge in [0.25, 0.3) is 0 Å². The number of hydrogen-bond donors (Lipinski definition) is 0. The summed E-state index contributed by atoms with van der Waals surface area (Å²) >= 11 is 0. The zero-order chi connectivity index (χ0) is 28.9. The Morgan fingerprint density at radius 2 is 0.667 bits per heavy atom. The monoisotopic (exact) mass is 628 g/mol. The van der Waals surface area contributed by atoms with Gasteiger partial charge in [-0.2, -0.15) is 0 Å². The predicted molar refractivity (Wildman–Crippen MR) is 189 cm³/mol. The predicted octanol–water partition coefficient (Wildman–Crippen LogP) is 13.8. The molecule has 39 heavy (non-hydrogen) atoms. The first kappa shape index (κ1) is 40.6. The van der Waals surface area contributed by atoms with E-state index < -0.39 is 15.4 Å². The van der Waals surface area contributed by atoms with Crippen LogP contribution >= 0.6 is 33.0 Å². The molecule has 7 heteroatoms. The van der Waals surface area contributed by atoms with Gasteiger partial charge in [0.05, 0.1) is 0 Å². The Bertz CT molecular complexity index is 458. The zero-order valence-corrected chi connectivity index (χ0v) is 31.3. The molecule has 0 heterocycles. The van der Waals surface area contributed by atoms with Crippen LogP contribution in [0, 0.1) is 0 Å². The van der Waals surface area contributed by atoms with E-state index in [9.17, 15) is 0 Å². The van der Waals surface area contributed by atoms with Crippen molar-refractivity contribution in [2.45, 2.75) is 168 Å². The molecule has 0 bridgehead atoms. The maximum absolute atomic E-state index is 6.42. The summed E-state index contributed by atoms with van der Waals surface area (Å²) in [5.41, 5.74) is 0. The molecule has 0 aromatic heterocycles. The van der Waals surface area contributed by atoms with Crippen LogP contribution in [0.15, 0.2) is 0 Å². The SMILES string of the molecule is CCCCCCCCCCCCCCPOP(OPCCCCCCCCCCCCCC)OP(C)(C)(C)C. The Labute approximate surface area is 252 Å². The van der Waals surface area contributed by atoms with Crippen molar-refractivity contribution < 1.29 is 12.9 Å². The molecular formula is C32H72O3P4. The summed E-state index contributed by atoms with van der Waals surface area (Å²) in [5, 5.41) is 0. The van der Waals surface area contributed by atoms with E-state index in [2.05, 4.69) is 40.5 Å². The van der Waals surface area contributed by atoms with Crippen LogP contribution in [0.5, 0.6) is 0 Å². The minimum atomic E-state index is -2.11. The summed E-state index contributed by atoms with van der Waals surface area (Å²) in [7, 11) is -0.173. The van der Waals surface area contributed by atoms with Gasteiger partial charge in [-0.3, -0.25) is 0 Å². The second-order valence-electron chi connectivity index (χ2n) is 13.5. The zero-order valence-electron chi connectivity index (χ0n) is 27.5. The average molecular weight is 629 g/mol. The summed E-state index contributed by atoms with van der Waals surface area (Å²) in [4.78, 5) is 0. The molecular weight excluding hydrogens is 556 g/mol. The van der Waals surface area contributed by atoms with E-state index in [1.165, 1.54) is 154 Å². The first-order chi connectivity index (χ1) is 18.7. The fraction of sp³-hybridized carbons (Fsp3) is 1.00. The molecule has 0 saturated heterocycles. The van der Waals surface area contributed by atoms with Crippen LogP contribution in [0.2, 0.25) is 0 Å². The third-order valence-electron chi connectivity index (χ3n) is 6.94. The van der Waals surface area contributed by atoms with Gasteiger partial charge in [0.2, 0.25) is 0 Å². The molecule has 0 spiro atoms. The van der Waals surface area contributed by atoms with Crippen LogP contribution in [-0.4, -0.2) is 39.0 Å². The first-order valence-corrected chi connectivity index (χ1v) is 24.3. The van der Waals surface area contributed by atoms with E-state index >= 15 is 0 Å². The molecule has 0 aromatic carbocycles. The molecule has 0 radical (unpaired) electrons. The molecule has 0 fully saturated rings. The molecule has 0 rings (SSSR count). The summed E-state index contributed by atoms with van der Waals surface area (Å²) < 4.78 is 18.8. The molecule has 0 aliphatic carbocycles. The quantitative estimate of drug-likeness (QED) is 0.0548. The van der Waals surface area contributed by atoms with Crippen molar-refractivity contribution in [1.82, 2.24) is 0 Å². The Balaban J connectivity index is 3.73. The van der Waals surface area contributed by atoms with Crippen LogP contribution in [-0.2, 0) is 12.9 Å². The van der Waals surface area contributed by atoms with Gasteiger partial charge in [0, 0.05) is 0 Å². The van der Waals surface area contributed by atoms with Gasteiger partial charge < -0.3 is 0 Å². The van der Waals surface area contributed by atoms with Gasteiger partial charge in [-0.15, -0.1) is 0 Å². The molecule has 0 aliphatic heterocycles. The third kappa shape index (κ3) is 35.7. The van der Waals surface area contributed by atoms with E-state index in [1.807, 2.05) is 0 Å². The van der Waals surface area contributed by atoms with Crippen LogP contribution in [0.3, 0.4) is 0 Å². The molecule has 238 valence electrons. The number of hydrogen-bond acceptors (Lipinski definition) is 3. The van der Waals surface area contributed by atoms with E-state index in [0.717, 1.165) is 12.3 Å². The van der Waals surface area contributed by atoms with E-state index in [4.69, 9.17) is 12.9 Å². The molecule has 0 aromatic rings. The fourth-order valence-corrected chi connectivity index (χ4v) is 10.4. The van der Waals surface area contributed by atoms with Gasteiger partial charge in [-0.05, 0) is 0 Å². The van der Waals surface area contributed by atoms with Crippen LogP contribution < -0.4 is 0 Å². The van der Waals surface area contributed by atoms with E-state index in [-0.39, 0.29) is 0 Å². The molecule has 0 amide bonds. The normalized spacial score (nSPS) is 14.6. The second-order valence-corrected chi connectivity index (χ2v) is 24.4. The molecule has 3 nitrogen and oxygen atoms in total. The first-order valence-electron chi connectivity index (χ1n) is 17.0. The Morgan fingerprint density at radius 3 is 0.923 bits per heavy atom. The van der Waals surface area contributed by atoms with Gasteiger partial charge in [-0.25, -0.2) is 0 Å². The summed E-state index contributed by atoms with van der Waals surface area (Å²) in [6.45, 7) is 11.5. The van der Waals surface area contributed by atoms with Crippen molar-refractivity contribution in [3.63, 3.8) is 0 Å². The van der Waals surface area contributed by atoms with E-state index in [1.54, 1.807) is 0 Å². The number of rotatable bonds is 32. The molecule has 2 unspecified atom stereocenters. The fourth-order valence-electron chi connectivity index (χ4n) is 4.59. The van der Waals surface area contributed by atoms with E-state index in [0.29, 0.717) is 17.6 Å². The Hall–Kier alpha value is 1.60. The third-order valence-corrected chi connectivity index (χ3v) is 13.4. The maximum atomic E-state index is 6.42. The van der Waals surface area contributed by atoms with Crippen molar-refractivity contribution >= 4 is 33.0 Å². The Morgan fingerprint density at radius 1 is 0.410 bits per heavy atom. The number of unbranched alkanes of at least 4 members (excludes halogenated alkanes) is 22. The van der Waals surface area contributed by atoms with Crippen molar-refractivity contribution in [2.75, 3.05) is 39.0 Å². The topological polar surface area (TPSA) is 27.7 Å². The van der Waals surface area contributed by atoms with Crippen molar-refractivity contribution in [3.05, 3.63) is 0 Å². The molecule has 0 saturated carbocycles. The average Bonchev–Trinajstić information content (AvgIpc) is 2.87. The molecule has 0 N–H and O–H groups in total. The van der Waals surface area contributed by atoms with Crippen molar-refractivity contribution in [1.29, 1.82) is 0 Å². The summed E-state index contributed by atoms with van der Waals surface area (Å²) in [5.74, 6) is 0. The van der Waals surface area contributed by atoms with Crippen molar-refractivity contribution in [3.8, 4) is 0 Å². The van der Waals surface area contributed by atoms with Gasteiger partial charge in [0.15, 0.2) is 0 Å².